The van der Waals surface area contributed by atoms with Gasteiger partial charge in [-0.15, -0.1) is 11.8 Å². The highest BCUT2D eigenvalue weighted by Crippen LogP contribution is 2.08. The first-order valence-electron chi connectivity index (χ1n) is 3.71. The lowest BCUT2D eigenvalue weighted by Crippen LogP contribution is -1.86. The Balaban J connectivity index is 2.82. The van der Waals surface area contributed by atoms with Crippen molar-refractivity contribution in [3.05, 3.63) is 0 Å². The van der Waals surface area contributed by atoms with Crippen LogP contribution in [0.1, 0.15) is 33.1 Å². The van der Waals surface area contributed by atoms with E-state index in [2.05, 4.69) is 13.8 Å². The van der Waals surface area contributed by atoms with E-state index in [0.717, 1.165) is 5.92 Å². The Morgan fingerprint density at radius 1 is 1.33 bits per heavy atom. The molecule has 56 valence electrons. The maximum atomic E-state index is 4.91. The molecule has 2 heteroatoms. The van der Waals surface area contributed by atoms with Crippen molar-refractivity contribution in [1.82, 2.24) is 0 Å². The van der Waals surface area contributed by atoms with Crippen molar-refractivity contribution in [3.63, 3.8) is 0 Å². The van der Waals surface area contributed by atoms with Gasteiger partial charge in [0.05, 0.1) is 0 Å². The van der Waals surface area contributed by atoms with E-state index in [-0.39, 0.29) is 0 Å². The van der Waals surface area contributed by atoms with Crippen LogP contribution in [0.25, 0.3) is 0 Å². The second kappa shape index (κ2) is 6.77. The predicted octanol–water partition coefficient (Wildman–Crippen LogP) is 2.69. The third-order valence-electron chi connectivity index (χ3n) is 1.35. The minimum absolute atomic E-state index is 0.348. The molecule has 0 nitrogen and oxygen atoms in total. The van der Waals surface area contributed by atoms with Gasteiger partial charge in [0.2, 0.25) is 0 Å². The summed E-state index contributed by atoms with van der Waals surface area (Å²) in [5.74, 6) is 0.880. The maximum Gasteiger partial charge on any atom is -0.0286 e. The Morgan fingerprint density at radius 3 is 2.44 bits per heavy atom. The fraction of sp³-hybridized carbons (Fsp3) is 1.00. The molecule has 0 radical (unpaired) electrons. The van der Waals surface area contributed by atoms with E-state index in [1.165, 1.54) is 25.4 Å². The minimum atomic E-state index is 0.348. The summed E-state index contributed by atoms with van der Waals surface area (Å²) < 4.78 is 0. The van der Waals surface area contributed by atoms with Crippen molar-refractivity contribution in [2.24, 2.45) is 5.92 Å². The van der Waals surface area contributed by atoms with Gasteiger partial charge in [-0.2, -0.15) is 0 Å². The quantitative estimate of drug-likeness (QED) is 0.444. The maximum absolute atomic E-state index is 4.91. The van der Waals surface area contributed by atoms with Crippen molar-refractivity contribution in [2.75, 3.05) is 6.16 Å². The predicted molar refractivity (Wildman–Crippen MR) is 50.6 cm³/mol. The van der Waals surface area contributed by atoms with E-state index in [9.17, 15) is 0 Å². The van der Waals surface area contributed by atoms with E-state index in [1.54, 1.807) is 0 Å². The van der Waals surface area contributed by atoms with Gasteiger partial charge in [0.15, 0.2) is 0 Å². The first-order chi connectivity index (χ1) is 4.27. The number of hydrogen-bond acceptors (Lipinski definition) is 1. The summed E-state index contributed by atoms with van der Waals surface area (Å²) in [6.07, 6.45) is 5.47. The molecule has 0 rings (SSSR count). The summed E-state index contributed by atoms with van der Waals surface area (Å²) in [6.45, 7) is 4.56. The molecule has 0 aliphatic rings. The third kappa shape index (κ3) is 8.65. The van der Waals surface area contributed by atoms with E-state index in [4.69, 9.17) is 11.8 Å². The van der Waals surface area contributed by atoms with Gasteiger partial charge in [0, 0.05) is 0 Å². The summed E-state index contributed by atoms with van der Waals surface area (Å²) in [7, 11) is 0.348. The Kier molecular flexibility index (Phi) is 7.25. The van der Waals surface area contributed by atoms with Crippen molar-refractivity contribution in [2.45, 2.75) is 33.1 Å². The molecule has 0 N–H and O–H groups in total. The van der Waals surface area contributed by atoms with E-state index in [1.807, 2.05) is 0 Å². The Morgan fingerprint density at radius 2 is 2.00 bits per heavy atom. The van der Waals surface area contributed by atoms with Crippen LogP contribution in [0.2, 0.25) is 0 Å². The van der Waals surface area contributed by atoms with Gasteiger partial charge in [-0.05, 0) is 18.5 Å². The van der Waals surface area contributed by atoms with Gasteiger partial charge < -0.3 is 0 Å². The molecule has 0 saturated heterocycles. The first kappa shape index (κ1) is 9.65. The molecule has 0 aromatic heterocycles. The van der Waals surface area contributed by atoms with Crippen LogP contribution >= 0.6 is 7.36 Å². The van der Waals surface area contributed by atoms with Crippen molar-refractivity contribution >= 4 is 19.2 Å². The SMILES string of the molecule is CC(C)CCCC[PH2]=S. The highest BCUT2D eigenvalue weighted by molar-refractivity contribution is 7.96. The molecule has 0 aromatic carbocycles. The van der Waals surface area contributed by atoms with Crippen LogP contribution in [0.15, 0.2) is 0 Å². The zero-order chi connectivity index (χ0) is 7.11. The summed E-state index contributed by atoms with van der Waals surface area (Å²) >= 11 is 4.91. The molecule has 0 aromatic rings. The number of hydrogen-bond donors (Lipinski definition) is 0. The van der Waals surface area contributed by atoms with Gasteiger partial charge in [-0.3, -0.25) is 0 Å². The standard InChI is InChI=1S/C7H17PS/c1-7(2)5-3-4-6-8-9/h7H,3-6,8H2,1-2H3. The van der Waals surface area contributed by atoms with Crippen LogP contribution in [-0.2, 0) is 11.8 Å². The third-order valence-corrected chi connectivity index (χ3v) is 2.70. The van der Waals surface area contributed by atoms with E-state index < -0.39 is 0 Å². The van der Waals surface area contributed by atoms with Gasteiger partial charge in [-0.25, -0.2) is 0 Å². The lowest BCUT2D eigenvalue weighted by atomic mass is 10.1. The van der Waals surface area contributed by atoms with Crippen LogP contribution < -0.4 is 0 Å². The van der Waals surface area contributed by atoms with Crippen molar-refractivity contribution in [3.8, 4) is 0 Å². The molecule has 0 spiro atoms. The summed E-state index contributed by atoms with van der Waals surface area (Å²) in [5.41, 5.74) is 0. The summed E-state index contributed by atoms with van der Waals surface area (Å²) in [6, 6.07) is 0. The molecule has 1 atom stereocenters. The highest BCUT2D eigenvalue weighted by Gasteiger charge is 1.91. The Labute approximate surface area is 64.9 Å². The average Bonchev–Trinajstić information content (AvgIpc) is 1.80. The zero-order valence-corrected chi connectivity index (χ0v) is 8.36. The lowest BCUT2D eigenvalue weighted by Gasteiger charge is -2.00. The molecule has 0 amide bonds. The largest absolute Gasteiger partial charge is 0.104 e. The molecule has 1 unspecified atom stereocenters. The molecular formula is C7H17PS. The lowest BCUT2D eigenvalue weighted by molar-refractivity contribution is 0.551. The Hall–Kier alpha value is 0.650. The molecule has 0 aliphatic carbocycles. The number of rotatable bonds is 5. The summed E-state index contributed by atoms with van der Waals surface area (Å²) in [5, 5.41) is 0. The van der Waals surface area contributed by atoms with Crippen LogP contribution in [0.5, 0.6) is 0 Å². The highest BCUT2D eigenvalue weighted by atomic mass is 32.4. The molecule has 0 aliphatic heterocycles. The molecule has 9 heavy (non-hydrogen) atoms. The fourth-order valence-electron chi connectivity index (χ4n) is 0.780. The van der Waals surface area contributed by atoms with E-state index in [0.29, 0.717) is 7.36 Å². The number of unbranched alkanes of at least 4 members (excludes halogenated alkanes) is 1. The van der Waals surface area contributed by atoms with E-state index >= 15 is 0 Å². The minimum Gasteiger partial charge on any atom is -0.104 e. The molecular weight excluding hydrogens is 147 g/mol. The molecule has 0 saturated carbocycles. The average molecular weight is 164 g/mol. The monoisotopic (exact) mass is 164 g/mol. The topological polar surface area (TPSA) is 0 Å². The Bertz CT molecular complexity index is 71.3. The van der Waals surface area contributed by atoms with Gasteiger partial charge in [0.25, 0.3) is 0 Å². The van der Waals surface area contributed by atoms with Gasteiger partial charge in [0.1, 0.15) is 0 Å². The van der Waals surface area contributed by atoms with Crippen LogP contribution in [0.4, 0.5) is 0 Å². The second-order valence-electron chi connectivity index (χ2n) is 2.84. The van der Waals surface area contributed by atoms with Crippen molar-refractivity contribution < 1.29 is 0 Å². The molecule has 0 fully saturated rings. The van der Waals surface area contributed by atoms with Crippen LogP contribution in [0, 0.1) is 5.92 Å². The van der Waals surface area contributed by atoms with Crippen LogP contribution in [0.3, 0.4) is 0 Å². The first-order valence-corrected chi connectivity index (χ1v) is 6.41. The van der Waals surface area contributed by atoms with Gasteiger partial charge >= 0.3 is 0 Å². The van der Waals surface area contributed by atoms with Crippen LogP contribution in [-0.4, -0.2) is 6.16 Å². The smallest absolute Gasteiger partial charge is 0.0286 e. The second-order valence-corrected chi connectivity index (χ2v) is 4.76. The van der Waals surface area contributed by atoms with Crippen molar-refractivity contribution in [1.29, 1.82) is 0 Å². The molecule has 0 bridgehead atoms. The summed E-state index contributed by atoms with van der Waals surface area (Å²) in [4.78, 5) is 0. The van der Waals surface area contributed by atoms with Gasteiger partial charge in [-0.1, -0.05) is 34.0 Å². The normalized spacial score (nSPS) is 11.9. The molecule has 0 heterocycles. The fourth-order valence-corrected chi connectivity index (χ4v) is 1.74. The zero-order valence-electron chi connectivity index (χ0n) is 6.39.